The maximum Gasteiger partial charge on any atom is 0.129 e. The molecule has 0 bridgehead atoms. The Bertz CT molecular complexity index is 324. The van der Waals surface area contributed by atoms with Gasteiger partial charge in [-0.3, -0.25) is 0 Å². The van der Waals surface area contributed by atoms with Gasteiger partial charge in [-0.25, -0.2) is 0 Å². The second kappa shape index (κ2) is 3.95. The van der Waals surface area contributed by atoms with E-state index >= 15 is 0 Å². The Balaban J connectivity index is 3.11. The van der Waals surface area contributed by atoms with Gasteiger partial charge < -0.3 is 4.79 Å². The first-order valence-corrected chi connectivity index (χ1v) is 5.04. The van der Waals surface area contributed by atoms with Crippen LogP contribution in [0.15, 0.2) is 24.3 Å². The maximum atomic E-state index is 10.9. The first-order chi connectivity index (χ1) is 6.47. The molecule has 1 rings (SSSR count). The molecule has 0 atom stereocenters. The van der Waals surface area contributed by atoms with Crippen molar-refractivity contribution in [3.8, 4) is 0 Å². The van der Waals surface area contributed by atoms with Gasteiger partial charge in [0.2, 0.25) is 0 Å². The maximum absolute atomic E-state index is 10.9. The van der Waals surface area contributed by atoms with Crippen molar-refractivity contribution in [3.63, 3.8) is 0 Å². The minimum atomic E-state index is -0.370. The minimum Gasteiger partial charge on any atom is -0.302 e. The van der Waals surface area contributed by atoms with Crippen LogP contribution in [0.25, 0.3) is 0 Å². The number of hydrogen-bond donors (Lipinski definition) is 0. The van der Waals surface area contributed by atoms with Crippen molar-refractivity contribution in [2.24, 2.45) is 0 Å². The average Bonchev–Trinajstić information content (AvgIpc) is 2.18. The quantitative estimate of drug-likeness (QED) is 0.668. The monoisotopic (exact) mass is 190 g/mol. The van der Waals surface area contributed by atoms with Crippen molar-refractivity contribution in [1.29, 1.82) is 0 Å². The fraction of sp³-hybridized carbons (Fsp3) is 0.462. The van der Waals surface area contributed by atoms with Crippen LogP contribution in [0.1, 0.15) is 44.7 Å². The van der Waals surface area contributed by atoms with Crippen LogP contribution < -0.4 is 0 Å². The fourth-order valence-electron chi connectivity index (χ4n) is 1.37. The van der Waals surface area contributed by atoms with Gasteiger partial charge in [0.15, 0.2) is 0 Å². The molecule has 14 heavy (non-hydrogen) atoms. The minimum absolute atomic E-state index is 0.370. The highest BCUT2D eigenvalue weighted by Gasteiger charge is 2.19. The Morgan fingerprint density at radius 2 is 1.93 bits per heavy atom. The van der Waals surface area contributed by atoms with Gasteiger partial charge in [-0.2, -0.15) is 0 Å². The van der Waals surface area contributed by atoms with E-state index in [0.717, 1.165) is 11.8 Å². The van der Waals surface area contributed by atoms with Crippen LogP contribution >= 0.6 is 0 Å². The van der Waals surface area contributed by atoms with Crippen molar-refractivity contribution in [1.82, 2.24) is 0 Å². The van der Waals surface area contributed by atoms with Crippen molar-refractivity contribution in [2.45, 2.75) is 39.0 Å². The van der Waals surface area contributed by atoms with E-state index in [2.05, 4.69) is 26.0 Å². The van der Waals surface area contributed by atoms with Gasteiger partial charge in [-0.1, -0.05) is 38.1 Å². The molecule has 0 fully saturated rings. The Morgan fingerprint density at radius 1 is 1.29 bits per heavy atom. The summed E-state index contributed by atoms with van der Waals surface area (Å²) in [4.78, 5) is 10.9. The molecule has 0 aromatic heterocycles. The standard InChI is InChI=1S/C13H18O/c1-10(2)11-6-5-7-12(8-11)13(3,4)9-14/h5-10H,1-4H3. The lowest BCUT2D eigenvalue weighted by Crippen LogP contribution is -2.18. The van der Waals surface area contributed by atoms with E-state index in [4.69, 9.17) is 0 Å². The zero-order valence-electron chi connectivity index (χ0n) is 9.37. The third-order valence-electron chi connectivity index (χ3n) is 2.59. The lowest BCUT2D eigenvalue weighted by molar-refractivity contribution is -0.111. The summed E-state index contributed by atoms with van der Waals surface area (Å²) in [5.74, 6) is 0.511. The van der Waals surface area contributed by atoms with E-state index < -0.39 is 0 Å². The normalized spacial score (nSPS) is 11.8. The van der Waals surface area contributed by atoms with Gasteiger partial charge in [-0.05, 0) is 30.9 Å². The zero-order valence-corrected chi connectivity index (χ0v) is 9.37. The highest BCUT2D eigenvalue weighted by Crippen LogP contribution is 2.24. The van der Waals surface area contributed by atoms with Crippen molar-refractivity contribution in [2.75, 3.05) is 0 Å². The van der Waals surface area contributed by atoms with Crippen LogP contribution in [0.4, 0.5) is 0 Å². The Labute approximate surface area is 86.1 Å². The van der Waals surface area contributed by atoms with E-state index in [1.54, 1.807) is 0 Å². The molecule has 0 heterocycles. The molecule has 1 aromatic carbocycles. The van der Waals surface area contributed by atoms with Crippen LogP contribution in [0.2, 0.25) is 0 Å². The van der Waals surface area contributed by atoms with Gasteiger partial charge in [0.1, 0.15) is 6.29 Å². The van der Waals surface area contributed by atoms with Crippen molar-refractivity contribution < 1.29 is 4.79 Å². The van der Waals surface area contributed by atoms with E-state index in [9.17, 15) is 4.79 Å². The number of carbonyl (C=O) groups excluding carboxylic acids is 1. The fourth-order valence-corrected chi connectivity index (χ4v) is 1.37. The van der Waals surface area contributed by atoms with Crippen LogP contribution in [-0.4, -0.2) is 6.29 Å². The molecular weight excluding hydrogens is 172 g/mol. The molecule has 1 nitrogen and oxygen atoms in total. The molecule has 0 unspecified atom stereocenters. The molecule has 0 saturated heterocycles. The lowest BCUT2D eigenvalue weighted by Gasteiger charge is -2.19. The molecule has 0 aliphatic heterocycles. The Hall–Kier alpha value is -1.11. The summed E-state index contributed by atoms with van der Waals surface area (Å²) in [5, 5.41) is 0. The van der Waals surface area contributed by atoms with Crippen LogP contribution in [0.5, 0.6) is 0 Å². The van der Waals surface area contributed by atoms with E-state index in [1.807, 2.05) is 26.0 Å². The number of carbonyl (C=O) groups is 1. The summed E-state index contributed by atoms with van der Waals surface area (Å²) < 4.78 is 0. The summed E-state index contributed by atoms with van der Waals surface area (Å²) in [5.41, 5.74) is 2.02. The molecule has 1 aromatic rings. The van der Waals surface area contributed by atoms with Gasteiger partial charge in [0.25, 0.3) is 0 Å². The smallest absolute Gasteiger partial charge is 0.129 e. The molecule has 0 N–H and O–H groups in total. The van der Waals surface area contributed by atoms with E-state index in [0.29, 0.717) is 5.92 Å². The first kappa shape index (κ1) is 11.0. The van der Waals surface area contributed by atoms with Gasteiger partial charge >= 0.3 is 0 Å². The molecular formula is C13H18O. The molecule has 76 valence electrons. The predicted octanol–water partition coefficient (Wildman–Crippen LogP) is 3.29. The molecule has 0 aliphatic carbocycles. The van der Waals surface area contributed by atoms with E-state index in [1.165, 1.54) is 5.56 Å². The first-order valence-electron chi connectivity index (χ1n) is 5.04. The zero-order chi connectivity index (χ0) is 10.8. The third-order valence-corrected chi connectivity index (χ3v) is 2.59. The Kier molecular flexibility index (Phi) is 3.10. The molecule has 0 radical (unpaired) electrons. The van der Waals surface area contributed by atoms with E-state index in [-0.39, 0.29) is 5.41 Å². The summed E-state index contributed by atoms with van der Waals surface area (Å²) >= 11 is 0. The molecule has 0 saturated carbocycles. The highest BCUT2D eigenvalue weighted by atomic mass is 16.1. The largest absolute Gasteiger partial charge is 0.302 e. The summed E-state index contributed by atoms with van der Waals surface area (Å²) in [6, 6.07) is 8.27. The number of aldehydes is 1. The van der Waals surface area contributed by atoms with Crippen molar-refractivity contribution in [3.05, 3.63) is 35.4 Å². The molecule has 0 spiro atoms. The SMILES string of the molecule is CC(C)c1cccc(C(C)(C)C=O)c1. The van der Waals surface area contributed by atoms with Crippen LogP contribution in [0, 0.1) is 0 Å². The van der Waals surface area contributed by atoms with Gasteiger partial charge in [0, 0.05) is 5.41 Å². The van der Waals surface area contributed by atoms with Crippen molar-refractivity contribution >= 4 is 6.29 Å². The molecule has 0 aliphatic rings. The number of benzene rings is 1. The summed E-state index contributed by atoms with van der Waals surface area (Å²) in [6.45, 7) is 8.21. The summed E-state index contributed by atoms with van der Waals surface area (Å²) in [7, 11) is 0. The second-order valence-corrected chi connectivity index (χ2v) is 4.62. The van der Waals surface area contributed by atoms with Crippen LogP contribution in [0.3, 0.4) is 0 Å². The molecule has 0 amide bonds. The van der Waals surface area contributed by atoms with Gasteiger partial charge in [0.05, 0.1) is 0 Å². The number of hydrogen-bond acceptors (Lipinski definition) is 1. The Morgan fingerprint density at radius 3 is 2.43 bits per heavy atom. The third kappa shape index (κ3) is 2.22. The number of rotatable bonds is 3. The average molecular weight is 190 g/mol. The van der Waals surface area contributed by atoms with Gasteiger partial charge in [-0.15, -0.1) is 0 Å². The molecule has 1 heteroatoms. The lowest BCUT2D eigenvalue weighted by atomic mass is 9.84. The predicted molar refractivity (Wildman–Crippen MR) is 59.6 cm³/mol. The topological polar surface area (TPSA) is 17.1 Å². The van der Waals surface area contributed by atoms with Crippen LogP contribution in [-0.2, 0) is 10.2 Å². The summed E-state index contributed by atoms with van der Waals surface area (Å²) in [6.07, 6.45) is 1.01. The second-order valence-electron chi connectivity index (χ2n) is 4.62. The highest BCUT2D eigenvalue weighted by molar-refractivity contribution is 5.67.